The number of methoxy groups -OCH3 is 2. The molecule has 0 spiro atoms. The first-order valence-electron chi connectivity index (χ1n) is 10.6. The molecular weight excluding hydrogens is 426 g/mol. The first-order valence-corrected chi connectivity index (χ1v) is 10.6. The molecular formula is C25H25NO7. The third kappa shape index (κ3) is 4.09. The minimum absolute atomic E-state index is 0.00571. The summed E-state index contributed by atoms with van der Waals surface area (Å²) in [5.74, 6) is -1.48. The molecule has 0 aromatic heterocycles. The van der Waals surface area contributed by atoms with Gasteiger partial charge in [-0.15, -0.1) is 0 Å². The highest BCUT2D eigenvalue weighted by Gasteiger charge is 2.46. The Labute approximate surface area is 191 Å². The molecule has 2 aromatic rings. The maximum atomic E-state index is 13.0. The van der Waals surface area contributed by atoms with Gasteiger partial charge in [-0.25, -0.2) is 4.79 Å². The maximum absolute atomic E-state index is 13.0. The number of amides is 1. The number of aliphatic hydroxyl groups excluding tert-OH is 1. The average Bonchev–Trinajstić information content (AvgIpc) is 3.32. The normalized spacial score (nSPS) is 21.1. The van der Waals surface area contributed by atoms with E-state index in [1.54, 1.807) is 42.5 Å². The predicted octanol–water partition coefficient (Wildman–Crippen LogP) is 2.86. The fraction of sp³-hybridized carbons (Fsp3) is 0.320. The zero-order chi connectivity index (χ0) is 23.7. The molecule has 0 saturated carbocycles. The van der Waals surface area contributed by atoms with E-state index in [0.717, 1.165) is 11.3 Å². The number of rotatable bonds is 6. The summed E-state index contributed by atoms with van der Waals surface area (Å²) in [5, 5.41) is 11.2. The lowest BCUT2D eigenvalue weighted by atomic mass is 9.94. The van der Waals surface area contributed by atoms with Crippen LogP contribution in [0.1, 0.15) is 40.0 Å². The van der Waals surface area contributed by atoms with Crippen LogP contribution in [0.3, 0.4) is 0 Å². The van der Waals surface area contributed by atoms with Gasteiger partial charge in [0.05, 0.1) is 30.9 Å². The monoisotopic (exact) mass is 451 g/mol. The molecule has 8 heteroatoms. The van der Waals surface area contributed by atoms with E-state index in [1.807, 2.05) is 6.92 Å². The van der Waals surface area contributed by atoms with Gasteiger partial charge in [0.25, 0.3) is 11.7 Å². The third-order valence-electron chi connectivity index (χ3n) is 5.89. The molecule has 2 heterocycles. The van der Waals surface area contributed by atoms with Crippen LogP contribution in [0.25, 0.3) is 5.76 Å². The van der Waals surface area contributed by atoms with Gasteiger partial charge in [0.1, 0.15) is 17.6 Å². The van der Waals surface area contributed by atoms with Crippen molar-refractivity contribution >= 4 is 23.4 Å². The van der Waals surface area contributed by atoms with Crippen molar-refractivity contribution in [2.75, 3.05) is 27.4 Å². The summed E-state index contributed by atoms with van der Waals surface area (Å²) in [5.41, 5.74) is 2.28. The Morgan fingerprint density at radius 2 is 1.82 bits per heavy atom. The number of carbonyl (C=O) groups is 3. The van der Waals surface area contributed by atoms with Crippen molar-refractivity contribution in [2.45, 2.75) is 25.5 Å². The van der Waals surface area contributed by atoms with Crippen molar-refractivity contribution in [3.63, 3.8) is 0 Å². The van der Waals surface area contributed by atoms with E-state index < -0.39 is 23.7 Å². The Morgan fingerprint density at radius 1 is 1.12 bits per heavy atom. The summed E-state index contributed by atoms with van der Waals surface area (Å²) in [6.45, 7) is 2.34. The number of Topliss-reactive ketones (excluding diaryl/α,β-unsaturated/α-hetero) is 1. The van der Waals surface area contributed by atoms with Gasteiger partial charge in [0.2, 0.25) is 0 Å². The van der Waals surface area contributed by atoms with Gasteiger partial charge < -0.3 is 24.2 Å². The second kappa shape index (κ2) is 9.07. The quantitative estimate of drug-likeness (QED) is 0.312. The average molecular weight is 451 g/mol. The second-order valence-electron chi connectivity index (χ2n) is 8.05. The molecule has 0 bridgehead atoms. The summed E-state index contributed by atoms with van der Waals surface area (Å²) >= 11 is 0. The molecule has 4 rings (SSSR count). The summed E-state index contributed by atoms with van der Waals surface area (Å²) in [6.07, 6.45) is 0.724. The van der Waals surface area contributed by atoms with Crippen molar-refractivity contribution in [2.24, 2.45) is 0 Å². The van der Waals surface area contributed by atoms with Crippen molar-refractivity contribution in [3.05, 3.63) is 70.3 Å². The number of nitrogens with zero attached hydrogens (tertiary/aromatic N) is 1. The lowest BCUT2D eigenvalue weighted by molar-refractivity contribution is -0.140. The summed E-state index contributed by atoms with van der Waals surface area (Å²) in [6, 6.07) is 10.8. The highest BCUT2D eigenvalue weighted by atomic mass is 16.5. The standard InChI is InChI=1S/C25H25NO7/c1-14-12-18-13-17(8-9-19(18)33-14)22(27)20-21(26(10-11-31-2)24(29)23(20)28)15-4-6-16(7-5-15)25(30)32-3/h4-9,13-14,21,27H,10-12H2,1-3H3/b22-20+/t14-,21+/m0/s1. The zero-order valence-corrected chi connectivity index (χ0v) is 18.7. The Balaban J connectivity index is 1.80. The fourth-order valence-electron chi connectivity index (χ4n) is 4.29. The van der Waals surface area contributed by atoms with Crippen LogP contribution in [0.2, 0.25) is 0 Å². The van der Waals surface area contributed by atoms with Crippen molar-refractivity contribution in [1.82, 2.24) is 4.90 Å². The van der Waals surface area contributed by atoms with Gasteiger partial charge >= 0.3 is 5.97 Å². The van der Waals surface area contributed by atoms with Crippen LogP contribution in [0.4, 0.5) is 0 Å². The molecule has 2 aliphatic heterocycles. The van der Waals surface area contributed by atoms with E-state index >= 15 is 0 Å². The van der Waals surface area contributed by atoms with E-state index in [4.69, 9.17) is 14.2 Å². The van der Waals surface area contributed by atoms with Crippen LogP contribution < -0.4 is 4.74 Å². The van der Waals surface area contributed by atoms with Gasteiger partial charge in [-0.3, -0.25) is 9.59 Å². The molecule has 0 unspecified atom stereocenters. The maximum Gasteiger partial charge on any atom is 0.337 e. The van der Waals surface area contributed by atoms with Gasteiger partial charge in [0.15, 0.2) is 0 Å². The highest BCUT2D eigenvalue weighted by Crippen LogP contribution is 2.40. The number of hydrogen-bond donors (Lipinski definition) is 1. The fourth-order valence-corrected chi connectivity index (χ4v) is 4.29. The Hall–Kier alpha value is -3.65. The number of carbonyl (C=O) groups excluding carboxylic acids is 3. The Bertz CT molecular complexity index is 1140. The van der Waals surface area contributed by atoms with Crippen LogP contribution in [0.15, 0.2) is 48.0 Å². The SMILES string of the molecule is COCCN1C(=O)C(=O)/C(=C(/O)c2ccc3c(c2)C[C@H](C)O3)[C@H]1c1ccc(C(=O)OC)cc1. The van der Waals surface area contributed by atoms with Crippen LogP contribution >= 0.6 is 0 Å². The molecule has 0 aliphatic carbocycles. The number of benzene rings is 2. The zero-order valence-electron chi connectivity index (χ0n) is 18.7. The van der Waals surface area contributed by atoms with E-state index in [1.165, 1.54) is 19.1 Å². The summed E-state index contributed by atoms with van der Waals surface area (Å²) in [4.78, 5) is 39.1. The largest absolute Gasteiger partial charge is 0.507 e. The molecule has 172 valence electrons. The van der Waals surface area contributed by atoms with Gasteiger partial charge in [-0.05, 0) is 48.4 Å². The third-order valence-corrected chi connectivity index (χ3v) is 5.89. The lowest BCUT2D eigenvalue weighted by Crippen LogP contribution is -2.32. The molecule has 0 radical (unpaired) electrons. The molecule has 2 atom stereocenters. The van der Waals surface area contributed by atoms with Crippen LogP contribution in [0, 0.1) is 0 Å². The number of likely N-dealkylation sites (tertiary alicyclic amines) is 1. The molecule has 33 heavy (non-hydrogen) atoms. The summed E-state index contributed by atoms with van der Waals surface area (Å²) in [7, 11) is 2.79. The molecule has 8 nitrogen and oxygen atoms in total. The Morgan fingerprint density at radius 3 is 2.48 bits per heavy atom. The van der Waals surface area contributed by atoms with E-state index in [9.17, 15) is 19.5 Å². The van der Waals surface area contributed by atoms with Crippen LogP contribution in [-0.4, -0.2) is 61.1 Å². The van der Waals surface area contributed by atoms with Gasteiger partial charge in [0, 0.05) is 25.6 Å². The van der Waals surface area contributed by atoms with Crippen molar-refractivity contribution in [3.8, 4) is 5.75 Å². The molecule has 1 N–H and O–H groups in total. The minimum Gasteiger partial charge on any atom is -0.507 e. The molecule has 1 amide bonds. The minimum atomic E-state index is -0.824. The molecule has 1 fully saturated rings. The topological polar surface area (TPSA) is 102 Å². The van der Waals surface area contributed by atoms with Crippen LogP contribution in [-0.2, 0) is 25.5 Å². The smallest absolute Gasteiger partial charge is 0.337 e. The van der Waals surface area contributed by atoms with Gasteiger partial charge in [-0.2, -0.15) is 0 Å². The van der Waals surface area contributed by atoms with Gasteiger partial charge in [-0.1, -0.05) is 12.1 Å². The number of fused-ring (bicyclic) bond motifs is 1. The molecule has 2 aliphatic rings. The van der Waals surface area contributed by atoms with E-state index in [2.05, 4.69) is 0 Å². The van der Waals surface area contributed by atoms with E-state index in [-0.39, 0.29) is 30.6 Å². The van der Waals surface area contributed by atoms with Crippen LogP contribution in [0.5, 0.6) is 5.75 Å². The number of ketones is 1. The Kier molecular flexibility index (Phi) is 6.20. The highest BCUT2D eigenvalue weighted by molar-refractivity contribution is 6.46. The molecule has 2 aromatic carbocycles. The number of esters is 1. The first kappa shape index (κ1) is 22.5. The van der Waals surface area contributed by atoms with Crippen molar-refractivity contribution < 1.29 is 33.7 Å². The molecule has 1 saturated heterocycles. The summed E-state index contributed by atoms with van der Waals surface area (Å²) < 4.78 is 15.6. The number of ether oxygens (including phenoxy) is 3. The first-order chi connectivity index (χ1) is 15.8. The lowest BCUT2D eigenvalue weighted by Gasteiger charge is -2.25. The number of aliphatic hydroxyl groups is 1. The second-order valence-corrected chi connectivity index (χ2v) is 8.05. The van der Waals surface area contributed by atoms with Crippen molar-refractivity contribution in [1.29, 1.82) is 0 Å². The number of hydrogen-bond acceptors (Lipinski definition) is 7. The predicted molar refractivity (Wildman–Crippen MR) is 119 cm³/mol. The van der Waals surface area contributed by atoms with E-state index in [0.29, 0.717) is 23.1 Å².